The minimum absolute atomic E-state index is 0. The van der Waals surface area contributed by atoms with Crippen LogP contribution in [-0.2, 0) is 65.7 Å². The molecule has 0 aliphatic carbocycles. The van der Waals surface area contributed by atoms with E-state index in [4.69, 9.17) is 42.7 Å². The Kier molecular flexibility index (Phi) is 31.8. The Balaban J connectivity index is 0.000000147. The number of imide groups is 2. The number of nitrogen functional groups attached to an aromatic ring is 1. The summed E-state index contributed by atoms with van der Waals surface area (Å²) in [6.07, 6.45) is 20.2. The van der Waals surface area contributed by atoms with Crippen LogP contribution >= 0.6 is 63.7 Å². The fourth-order valence-electron chi connectivity index (χ4n) is 12.5. The first kappa shape index (κ1) is 88.6. The van der Waals surface area contributed by atoms with Crippen LogP contribution < -0.4 is 30.6 Å². The predicted molar refractivity (Wildman–Crippen MR) is 464 cm³/mol. The van der Waals surface area contributed by atoms with Gasteiger partial charge in [0.1, 0.15) is 46.4 Å². The van der Waals surface area contributed by atoms with Crippen LogP contribution in [0.3, 0.4) is 0 Å². The first-order valence-electron chi connectivity index (χ1n) is 36.3. The van der Waals surface area contributed by atoms with E-state index in [2.05, 4.69) is 104 Å². The summed E-state index contributed by atoms with van der Waals surface area (Å²) in [6, 6.07) is 51.5. The van der Waals surface area contributed by atoms with Crippen molar-refractivity contribution < 1.29 is 91.9 Å². The molecule has 118 heavy (non-hydrogen) atoms. The van der Waals surface area contributed by atoms with Crippen molar-refractivity contribution in [3.63, 3.8) is 0 Å². The molecule has 0 radical (unpaired) electrons. The van der Waals surface area contributed by atoms with Gasteiger partial charge < -0.3 is 55.2 Å². The number of esters is 2. The van der Waals surface area contributed by atoms with E-state index in [-0.39, 0.29) is 94.7 Å². The van der Waals surface area contributed by atoms with Gasteiger partial charge in [0.15, 0.2) is 0 Å². The number of aromatic nitrogens is 6. The third-order valence-corrected chi connectivity index (χ3v) is 20.7. The van der Waals surface area contributed by atoms with E-state index in [1.807, 2.05) is 152 Å². The number of phenolic OH excluding ortho intramolecular Hbond substituents is 1. The Bertz CT molecular complexity index is 6150. The average molecular weight is 2020 g/mol. The number of rotatable bonds is 12. The number of carbonyl (C=O) groups excluding carboxylic acids is 6. The largest absolute Gasteiger partial charge is 0.507 e. The van der Waals surface area contributed by atoms with Gasteiger partial charge in [-0.2, -0.15) is 0 Å². The van der Waals surface area contributed by atoms with Crippen LogP contribution in [0.4, 0.5) is 5.69 Å². The number of carbonyl (C=O) groups is 6. The second kappa shape index (κ2) is 42.4. The molecule has 2 fully saturated rings. The van der Waals surface area contributed by atoms with Gasteiger partial charge in [0, 0.05) is 190 Å². The van der Waals surface area contributed by atoms with E-state index in [0.717, 1.165) is 129 Å². The molecule has 5 N–H and O–H groups in total. The summed E-state index contributed by atoms with van der Waals surface area (Å²) in [5.41, 5.74) is 16.1. The number of benzene rings is 7. The number of anilines is 1. The van der Waals surface area contributed by atoms with Crippen LogP contribution in [0.25, 0.3) is 98.3 Å². The fourth-order valence-corrected chi connectivity index (χ4v) is 14.3. The Morgan fingerprint density at radius 1 is 0.492 bits per heavy atom. The molecule has 4 amide bonds. The van der Waals surface area contributed by atoms with Crippen molar-refractivity contribution in [1.82, 2.24) is 40.5 Å². The van der Waals surface area contributed by atoms with Gasteiger partial charge in [-0.25, -0.2) is 4.79 Å². The number of nitrogens with one attached hydrogen (secondary N) is 2. The number of hydrogen-bond acceptors (Lipinski definition) is 22. The maximum Gasteiger partial charge on any atom is 0.330 e. The van der Waals surface area contributed by atoms with Gasteiger partial charge in [0.25, 0.3) is 0 Å². The number of pyridine rings is 6. The molecule has 9 aromatic heterocycles. The molecule has 11 heterocycles. The zero-order valence-electron chi connectivity index (χ0n) is 64.1. The number of halogens is 4. The molecule has 16 aromatic rings. The Labute approximate surface area is 724 Å². The fraction of sp³-hybridized carbons (Fsp3) is 0.157. The number of fused-ring (bicyclic) bond motifs is 9. The number of aromatic hydroxyl groups is 1. The van der Waals surface area contributed by atoms with Gasteiger partial charge >= 0.3 is 11.9 Å². The van der Waals surface area contributed by atoms with E-state index < -0.39 is 0 Å². The molecule has 2 aliphatic heterocycles. The van der Waals surface area contributed by atoms with Crippen molar-refractivity contribution in [3.05, 3.63) is 274 Å². The normalized spacial score (nSPS) is 13.4. The quantitative estimate of drug-likeness (QED) is 0.0290. The summed E-state index contributed by atoms with van der Waals surface area (Å²) in [6.45, 7) is 4.61. The van der Waals surface area contributed by atoms with E-state index >= 15 is 0 Å². The minimum Gasteiger partial charge on any atom is -0.507 e. The van der Waals surface area contributed by atoms with Gasteiger partial charge in [-0.1, -0.05) is 36.4 Å². The van der Waals surface area contributed by atoms with Gasteiger partial charge in [0.2, 0.25) is 23.6 Å². The first-order valence-corrected chi connectivity index (χ1v) is 39.4. The Morgan fingerprint density at radius 3 is 1.32 bits per heavy atom. The summed E-state index contributed by atoms with van der Waals surface area (Å²) in [7, 11) is 3.26. The maximum atomic E-state index is 12.0. The SMILES string of the molecule is CCOC(=O)/C=C/COc1cc2ncccc2cc1Br.CCOC(=O)Cc1coc2cc3ncccc3cc12.COc1cc(N)ccc1Br.COc1cc2ncccc2cc1Br.O=C1CCC(c2coc3cc4ncccc4cc23)C(=O)N1.O=C1CCC(c2coc3cc4ncccc4cc23)C(=O)N1.Oc1cc2ncccc2cc1Br.[CH3-].[W]. The molecule has 2 saturated heterocycles. The Hall–Kier alpha value is -11.8. The summed E-state index contributed by atoms with van der Waals surface area (Å²) < 4.78 is 45.6. The zero-order chi connectivity index (χ0) is 81.8. The van der Waals surface area contributed by atoms with Crippen LogP contribution in [0, 0.1) is 7.43 Å². The number of nitrogens with two attached hydrogens (primary N) is 1. The number of hydrogen-bond donors (Lipinski definition) is 4. The zero-order valence-corrected chi connectivity index (χ0v) is 73.4. The van der Waals surface area contributed by atoms with E-state index in [9.17, 15) is 33.9 Å². The topological polar surface area (TPSA) is 336 Å². The summed E-state index contributed by atoms with van der Waals surface area (Å²) >= 11 is 13.4. The second-order valence-corrected chi connectivity index (χ2v) is 29.2. The third kappa shape index (κ3) is 22.7. The molecular formula is C89H76Br4N9O15W-. The average Bonchev–Trinajstić information content (AvgIpc) is 1.62. The molecule has 18 rings (SSSR count). The number of amides is 4. The standard InChI is InChI=1S/2C16H12N2O3.C15H14BrNO3.C15H13NO3.C10H8BrNO.C9H6BrNO.C7H8BrNO.CH3.W/c2*19-15-4-3-10(16(20)18-15)12-8-21-14-7-13-9(6-11(12)14)2-1-5-17-13;1-2-19-15(18)6-4-8-20-14-10-13-11(9-12(14)16)5-3-7-17-13;1-2-18-15(17)7-11-9-19-14-8-13-10(6-12(11)14)4-3-5-16-13;1-13-10-6-9-7(5-8(10)11)3-2-4-12-9;10-7-4-6-2-1-3-11-8(6)5-9(7)12;1-10-7-4-5(9)2-3-6(7)8;;/h2*1-2,5-8,10H,3-4H2,(H,18,19,20);3-7,9-10H,2,8H2,1H3;3-6,8-9H,2,7H2,1H3;2-6H,1H3;1-5,12H;2-4H,9H2,1H3;1H3;/q;;;;;;;-1;/b;;6-4+;;;;;;. The molecule has 602 valence electrons. The molecular weight excluding hydrogens is 1940 g/mol. The molecule has 2 unspecified atom stereocenters. The van der Waals surface area contributed by atoms with Gasteiger partial charge in [0.05, 0.1) is 115 Å². The maximum absolute atomic E-state index is 12.0. The smallest absolute Gasteiger partial charge is 0.330 e. The van der Waals surface area contributed by atoms with Crippen LogP contribution in [-0.4, -0.2) is 105 Å². The molecule has 0 saturated carbocycles. The van der Waals surface area contributed by atoms with Crippen LogP contribution in [0.15, 0.2) is 263 Å². The van der Waals surface area contributed by atoms with Gasteiger partial charge in [-0.3, -0.25) is 64.5 Å². The molecule has 2 aliphatic rings. The third-order valence-electron chi connectivity index (χ3n) is 18.2. The molecule has 24 nitrogen and oxygen atoms in total. The number of ether oxygens (including phenoxy) is 5. The number of nitrogens with zero attached hydrogens (tertiary/aromatic N) is 6. The minimum atomic E-state index is -0.365. The molecule has 2 atom stereocenters. The number of piperidine rings is 2. The van der Waals surface area contributed by atoms with Crippen molar-refractivity contribution >= 4 is 203 Å². The van der Waals surface area contributed by atoms with Gasteiger partial charge in [-0.05, 0) is 181 Å². The van der Waals surface area contributed by atoms with Gasteiger partial charge in [-0.15, -0.1) is 0 Å². The molecule has 0 spiro atoms. The monoisotopic (exact) mass is 2010 g/mol. The second-order valence-electron chi connectivity index (χ2n) is 25.8. The van der Waals surface area contributed by atoms with Crippen molar-refractivity contribution in [2.75, 3.05) is 39.8 Å². The molecule has 0 bridgehead atoms. The van der Waals surface area contributed by atoms with Crippen molar-refractivity contribution in [1.29, 1.82) is 0 Å². The first-order chi connectivity index (χ1) is 56.2. The molecule has 7 aromatic carbocycles. The summed E-state index contributed by atoms with van der Waals surface area (Å²) in [5, 5.41) is 23.0. The van der Waals surface area contributed by atoms with Crippen LogP contribution in [0.1, 0.15) is 68.1 Å². The van der Waals surface area contributed by atoms with Crippen molar-refractivity contribution in [2.45, 2.75) is 57.8 Å². The number of furan rings is 3. The van der Waals surface area contributed by atoms with E-state index in [1.54, 1.807) is 102 Å². The van der Waals surface area contributed by atoms with Crippen LogP contribution in [0.5, 0.6) is 23.0 Å². The summed E-state index contributed by atoms with van der Waals surface area (Å²) in [4.78, 5) is 94.7. The molecule has 29 heteroatoms. The van der Waals surface area contributed by atoms with E-state index in [1.165, 1.54) is 6.08 Å². The van der Waals surface area contributed by atoms with Crippen LogP contribution in [0.2, 0.25) is 0 Å². The number of phenols is 1. The Morgan fingerprint density at radius 2 is 0.881 bits per heavy atom. The summed E-state index contributed by atoms with van der Waals surface area (Å²) in [5.74, 6) is 0.290. The van der Waals surface area contributed by atoms with E-state index in [0.29, 0.717) is 66.0 Å². The number of methoxy groups -OCH3 is 2. The van der Waals surface area contributed by atoms with Crippen molar-refractivity contribution in [2.24, 2.45) is 0 Å². The van der Waals surface area contributed by atoms with Crippen molar-refractivity contribution in [3.8, 4) is 23.0 Å². The predicted octanol–water partition coefficient (Wildman–Crippen LogP) is 19.8.